The standard InChI is InChI=1S/C21H41N/c1-9-14(4)16(6)12-22-20-11-18-17(7)15(5)10-19(18)21(20,8)13(2)3/h13-20,22H,9-12H2,1-8H3. The SMILES string of the molecule is CCC(C)C(C)CNC1CC2C(C)C(C)CC2C1(C)C(C)C. The monoisotopic (exact) mass is 307 g/mol. The second-order valence-corrected chi connectivity index (χ2v) is 9.42. The summed E-state index contributed by atoms with van der Waals surface area (Å²) in [6, 6.07) is 0.726. The molecular formula is C21H41N. The van der Waals surface area contributed by atoms with Crippen LogP contribution in [0.15, 0.2) is 0 Å². The third-order valence-electron chi connectivity index (χ3n) is 8.32. The number of fused-ring (bicyclic) bond motifs is 1. The van der Waals surface area contributed by atoms with E-state index in [1.807, 2.05) is 0 Å². The average Bonchev–Trinajstić information content (AvgIpc) is 2.92. The highest BCUT2D eigenvalue weighted by atomic mass is 15.0. The Morgan fingerprint density at radius 1 is 1.05 bits per heavy atom. The van der Waals surface area contributed by atoms with Gasteiger partial charge in [0, 0.05) is 6.04 Å². The van der Waals surface area contributed by atoms with Crippen molar-refractivity contribution in [3.05, 3.63) is 0 Å². The highest BCUT2D eigenvalue weighted by molar-refractivity contribution is 5.09. The van der Waals surface area contributed by atoms with Crippen molar-refractivity contribution >= 4 is 0 Å². The second-order valence-electron chi connectivity index (χ2n) is 9.42. The summed E-state index contributed by atoms with van der Waals surface area (Å²) >= 11 is 0. The van der Waals surface area contributed by atoms with Gasteiger partial charge in [-0.1, -0.05) is 61.8 Å². The van der Waals surface area contributed by atoms with Crippen LogP contribution in [0.5, 0.6) is 0 Å². The van der Waals surface area contributed by atoms with Gasteiger partial charge in [-0.05, 0) is 66.2 Å². The summed E-state index contributed by atoms with van der Waals surface area (Å²) in [5, 5.41) is 4.03. The van der Waals surface area contributed by atoms with Crippen LogP contribution in [0.25, 0.3) is 0 Å². The van der Waals surface area contributed by atoms with E-state index in [1.54, 1.807) is 0 Å². The van der Waals surface area contributed by atoms with Crippen LogP contribution in [0.4, 0.5) is 0 Å². The molecule has 2 aliphatic carbocycles. The van der Waals surface area contributed by atoms with E-state index in [0.717, 1.165) is 47.5 Å². The minimum atomic E-state index is 0.485. The zero-order chi connectivity index (χ0) is 16.7. The lowest BCUT2D eigenvalue weighted by atomic mass is 9.67. The molecule has 0 bridgehead atoms. The Kier molecular flexibility index (Phi) is 5.68. The van der Waals surface area contributed by atoms with Crippen LogP contribution in [-0.4, -0.2) is 12.6 Å². The number of nitrogens with one attached hydrogen (secondary N) is 1. The van der Waals surface area contributed by atoms with Crippen molar-refractivity contribution in [2.24, 2.45) is 46.8 Å². The fraction of sp³-hybridized carbons (Fsp3) is 1.00. The first-order valence-electron chi connectivity index (χ1n) is 9.96. The molecule has 0 spiro atoms. The lowest BCUT2D eigenvalue weighted by Gasteiger charge is -2.42. The molecule has 1 N–H and O–H groups in total. The molecule has 130 valence electrons. The number of rotatable bonds is 6. The minimum Gasteiger partial charge on any atom is -0.313 e. The lowest BCUT2D eigenvalue weighted by Crippen LogP contribution is -2.47. The van der Waals surface area contributed by atoms with Crippen LogP contribution < -0.4 is 5.32 Å². The molecule has 0 saturated heterocycles. The predicted molar refractivity (Wildman–Crippen MR) is 97.9 cm³/mol. The summed E-state index contributed by atoms with van der Waals surface area (Å²) in [6.45, 7) is 20.9. The maximum Gasteiger partial charge on any atom is 0.0129 e. The predicted octanol–water partition coefficient (Wildman–Crippen LogP) is 5.60. The van der Waals surface area contributed by atoms with Crippen molar-refractivity contribution in [1.82, 2.24) is 5.32 Å². The van der Waals surface area contributed by atoms with Crippen LogP contribution in [0.1, 0.15) is 74.7 Å². The number of hydrogen-bond donors (Lipinski definition) is 1. The molecule has 2 rings (SSSR count). The quantitative estimate of drug-likeness (QED) is 0.673. The summed E-state index contributed by atoms with van der Waals surface area (Å²) in [5.41, 5.74) is 0.485. The van der Waals surface area contributed by atoms with E-state index < -0.39 is 0 Å². The van der Waals surface area contributed by atoms with E-state index in [1.165, 1.54) is 25.8 Å². The Balaban J connectivity index is 2.08. The molecule has 22 heavy (non-hydrogen) atoms. The van der Waals surface area contributed by atoms with Crippen LogP contribution in [0, 0.1) is 46.8 Å². The van der Waals surface area contributed by atoms with Gasteiger partial charge >= 0.3 is 0 Å². The Labute approximate surface area is 140 Å². The van der Waals surface area contributed by atoms with Gasteiger partial charge in [0.05, 0.1) is 0 Å². The molecule has 2 aliphatic rings. The Bertz CT molecular complexity index is 363. The first-order valence-corrected chi connectivity index (χ1v) is 9.96. The zero-order valence-corrected chi connectivity index (χ0v) is 16.4. The van der Waals surface area contributed by atoms with E-state index in [2.05, 4.69) is 60.7 Å². The van der Waals surface area contributed by atoms with Gasteiger partial charge in [-0.15, -0.1) is 0 Å². The highest BCUT2D eigenvalue weighted by Crippen LogP contribution is 2.61. The summed E-state index contributed by atoms with van der Waals surface area (Å²) in [7, 11) is 0. The van der Waals surface area contributed by atoms with Gasteiger partial charge in [-0.25, -0.2) is 0 Å². The van der Waals surface area contributed by atoms with Gasteiger partial charge in [0.2, 0.25) is 0 Å². The van der Waals surface area contributed by atoms with Crippen molar-refractivity contribution < 1.29 is 0 Å². The topological polar surface area (TPSA) is 12.0 Å². The first kappa shape index (κ1) is 18.3. The van der Waals surface area contributed by atoms with E-state index >= 15 is 0 Å². The largest absolute Gasteiger partial charge is 0.313 e. The maximum absolute atomic E-state index is 4.03. The summed E-state index contributed by atoms with van der Waals surface area (Å²) in [6.07, 6.45) is 4.17. The second kappa shape index (κ2) is 6.83. The molecule has 1 nitrogen and oxygen atoms in total. The zero-order valence-electron chi connectivity index (χ0n) is 16.4. The van der Waals surface area contributed by atoms with E-state index in [0.29, 0.717) is 5.41 Å². The van der Waals surface area contributed by atoms with Crippen LogP contribution in [0.3, 0.4) is 0 Å². The van der Waals surface area contributed by atoms with Crippen molar-refractivity contribution in [3.8, 4) is 0 Å². The summed E-state index contributed by atoms with van der Waals surface area (Å²) in [5.74, 6) is 6.13. The fourth-order valence-electron chi connectivity index (χ4n) is 5.52. The van der Waals surface area contributed by atoms with E-state index in [-0.39, 0.29) is 0 Å². The highest BCUT2D eigenvalue weighted by Gasteiger charge is 2.58. The van der Waals surface area contributed by atoms with Crippen LogP contribution in [0.2, 0.25) is 0 Å². The third-order valence-corrected chi connectivity index (χ3v) is 8.32. The molecule has 0 heterocycles. The van der Waals surface area contributed by atoms with Gasteiger partial charge in [-0.2, -0.15) is 0 Å². The molecule has 0 aromatic carbocycles. The lowest BCUT2D eigenvalue weighted by molar-refractivity contribution is 0.0965. The summed E-state index contributed by atoms with van der Waals surface area (Å²) in [4.78, 5) is 0. The maximum atomic E-state index is 4.03. The Hall–Kier alpha value is -0.0400. The third kappa shape index (κ3) is 2.99. The Morgan fingerprint density at radius 3 is 2.23 bits per heavy atom. The van der Waals surface area contributed by atoms with Crippen LogP contribution >= 0.6 is 0 Å². The van der Waals surface area contributed by atoms with E-state index in [9.17, 15) is 0 Å². The van der Waals surface area contributed by atoms with Crippen molar-refractivity contribution in [3.63, 3.8) is 0 Å². The van der Waals surface area contributed by atoms with E-state index in [4.69, 9.17) is 0 Å². The van der Waals surface area contributed by atoms with Crippen LogP contribution in [-0.2, 0) is 0 Å². The van der Waals surface area contributed by atoms with Crippen molar-refractivity contribution in [2.45, 2.75) is 80.7 Å². The molecule has 8 atom stereocenters. The van der Waals surface area contributed by atoms with Gasteiger partial charge in [0.15, 0.2) is 0 Å². The summed E-state index contributed by atoms with van der Waals surface area (Å²) < 4.78 is 0. The van der Waals surface area contributed by atoms with Gasteiger partial charge in [0.25, 0.3) is 0 Å². The smallest absolute Gasteiger partial charge is 0.0129 e. The molecule has 8 unspecified atom stereocenters. The molecular weight excluding hydrogens is 266 g/mol. The Morgan fingerprint density at radius 2 is 1.68 bits per heavy atom. The molecule has 0 aliphatic heterocycles. The fourth-order valence-corrected chi connectivity index (χ4v) is 5.52. The molecule has 0 amide bonds. The number of hydrogen-bond acceptors (Lipinski definition) is 1. The molecule has 2 saturated carbocycles. The molecule has 0 aromatic heterocycles. The van der Waals surface area contributed by atoms with Gasteiger partial charge < -0.3 is 5.32 Å². The van der Waals surface area contributed by atoms with Gasteiger partial charge in [0.1, 0.15) is 0 Å². The van der Waals surface area contributed by atoms with Crippen molar-refractivity contribution in [1.29, 1.82) is 0 Å². The molecule has 0 aromatic rings. The average molecular weight is 308 g/mol. The first-order chi connectivity index (χ1) is 10.2. The minimum absolute atomic E-state index is 0.485. The molecule has 1 heteroatoms. The molecule has 2 fully saturated rings. The normalized spacial score (nSPS) is 44.3. The van der Waals surface area contributed by atoms with Gasteiger partial charge in [-0.3, -0.25) is 0 Å². The van der Waals surface area contributed by atoms with Crippen molar-refractivity contribution in [2.75, 3.05) is 6.54 Å². The molecule has 0 radical (unpaired) electrons.